The summed E-state index contributed by atoms with van der Waals surface area (Å²) in [5.74, 6) is -1.54. The van der Waals surface area contributed by atoms with Gasteiger partial charge in [-0.25, -0.2) is 4.57 Å². The Hall–Kier alpha value is -3.34. The van der Waals surface area contributed by atoms with E-state index in [-0.39, 0.29) is 25.9 Å². The van der Waals surface area contributed by atoms with E-state index in [1.807, 2.05) is 6.08 Å². The summed E-state index contributed by atoms with van der Waals surface area (Å²) in [6, 6.07) is 0. The van der Waals surface area contributed by atoms with Crippen molar-refractivity contribution in [1.29, 1.82) is 0 Å². The second-order valence-electron chi connectivity index (χ2n) is 20.1. The first-order valence-electron chi connectivity index (χ1n) is 30.5. The third-order valence-electron chi connectivity index (χ3n) is 12.8. The molecule has 0 saturated carbocycles. The maximum Gasteiger partial charge on any atom is 0.472 e. The Labute approximate surface area is 464 Å². The van der Waals surface area contributed by atoms with Gasteiger partial charge in [-0.2, -0.15) is 0 Å². The van der Waals surface area contributed by atoms with Gasteiger partial charge in [0, 0.05) is 19.3 Å². The van der Waals surface area contributed by atoms with Crippen molar-refractivity contribution in [3.8, 4) is 0 Å². The van der Waals surface area contributed by atoms with E-state index in [4.69, 9.17) is 23.3 Å². The first-order valence-corrected chi connectivity index (χ1v) is 32.0. The molecule has 0 aromatic rings. The zero-order valence-corrected chi connectivity index (χ0v) is 49.3. The molecule has 0 aliphatic heterocycles. The highest BCUT2D eigenvalue weighted by Crippen LogP contribution is 2.43. The standard InChI is InChI=1S/C64H111O11P/c1-4-7-10-13-16-19-22-25-27-29-30-32-34-37-40-43-46-49-52-55-64(68)75-61(57-71-62(66)53-50-47-44-41-38-36-33-31-28-26-23-20-17-14-11-8-5-2)59-73-76(69,70)72-58-60(56-65)74-63(67)54-51-48-45-42-39-35-24-21-18-15-12-9-6-3/h8,11,17,20-21,24-28,33,36,41,44,60-61,65H,4-7,9-10,12-16,18-19,22-23,29-32,34-35,37-40,42-43,45-59H2,1-3H3,(H,69,70)/b11-8-,20-17-,24-21-,27-25-,28-26-,36-33-,44-41-. The summed E-state index contributed by atoms with van der Waals surface area (Å²) in [5, 5.41) is 9.82. The highest BCUT2D eigenvalue weighted by atomic mass is 31.2. The van der Waals surface area contributed by atoms with Crippen LogP contribution >= 0.6 is 7.82 Å². The molecule has 438 valence electrons. The molecular formula is C64H111O11P. The van der Waals surface area contributed by atoms with Gasteiger partial charge in [0.15, 0.2) is 6.10 Å². The monoisotopic (exact) mass is 1090 g/mol. The van der Waals surface area contributed by atoms with E-state index in [1.165, 1.54) is 109 Å². The van der Waals surface area contributed by atoms with Gasteiger partial charge in [-0.05, 0) is 109 Å². The fourth-order valence-electron chi connectivity index (χ4n) is 8.15. The Kier molecular flexibility index (Phi) is 55.3. The Morgan fingerprint density at radius 1 is 0.382 bits per heavy atom. The van der Waals surface area contributed by atoms with Gasteiger partial charge in [-0.1, -0.05) is 221 Å². The Balaban J connectivity index is 4.80. The largest absolute Gasteiger partial charge is 0.472 e. The van der Waals surface area contributed by atoms with Crippen molar-refractivity contribution in [3.63, 3.8) is 0 Å². The molecule has 2 N–H and O–H groups in total. The molecule has 12 heteroatoms. The van der Waals surface area contributed by atoms with E-state index in [9.17, 15) is 28.9 Å². The van der Waals surface area contributed by atoms with Crippen LogP contribution in [0.2, 0.25) is 0 Å². The first-order chi connectivity index (χ1) is 37.2. The molecule has 3 atom stereocenters. The molecule has 0 heterocycles. The molecule has 0 amide bonds. The van der Waals surface area contributed by atoms with E-state index in [0.717, 1.165) is 89.9 Å². The number of aliphatic hydroxyl groups is 1. The molecule has 0 fully saturated rings. The minimum atomic E-state index is -4.77. The van der Waals surface area contributed by atoms with Crippen LogP contribution in [0.1, 0.15) is 265 Å². The fourth-order valence-corrected chi connectivity index (χ4v) is 8.93. The number of allylic oxidation sites excluding steroid dienone is 14. The van der Waals surface area contributed by atoms with E-state index in [1.54, 1.807) is 0 Å². The third-order valence-corrected chi connectivity index (χ3v) is 13.7. The number of hydrogen-bond acceptors (Lipinski definition) is 10. The van der Waals surface area contributed by atoms with Crippen LogP contribution in [0.5, 0.6) is 0 Å². The van der Waals surface area contributed by atoms with Gasteiger partial charge in [0.25, 0.3) is 0 Å². The first kappa shape index (κ1) is 72.7. The number of phosphoric ester groups is 1. The summed E-state index contributed by atoms with van der Waals surface area (Å²) >= 11 is 0. The molecule has 0 saturated heterocycles. The number of phosphoric acid groups is 1. The van der Waals surface area contributed by atoms with Gasteiger partial charge >= 0.3 is 25.7 Å². The van der Waals surface area contributed by atoms with Crippen LogP contribution < -0.4 is 0 Å². The number of carbonyl (C=O) groups excluding carboxylic acids is 3. The lowest BCUT2D eigenvalue weighted by molar-refractivity contribution is -0.161. The topological polar surface area (TPSA) is 155 Å². The predicted octanol–water partition coefficient (Wildman–Crippen LogP) is 18.3. The van der Waals surface area contributed by atoms with Crippen LogP contribution in [0, 0.1) is 0 Å². The van der Waals surface area contributed by atoms with Gasteiger partial charge < -0.3 is 24.2 Å². The lowest BCUT2D eigenvalue weighted by Gasteiger charge is -2.21. The summed E-state index contributed by atoms with van der Waals surface area (Å²) in [4.78, 5) is 48.6. The highest BCUT2D eigenvalue weighted by Gasteiger charge is 2.28. The number of rotatable bonds is 56. The van der Waals surface area contributed by atoms with Crippen molar-refractivity contribution in [1.82, 2.24) is 0 Å². The van der Waals surface area contributed by atoms with Crippen LogP contribution in [-0.4, -0.2) is 66.5 Å². The lowest BCUT2D eigenvalue weighted by Crippen LogP contribution is -2.30. The molecule has 0 rings (SSSR count). The average Bonchev–Trinajstić information content (AvgIpc) is 3.41. The second-order valence-corrected chi connectivity index (χ2v) is 21.6. The normalized spacial score (nSPS) is 13.9. The summed E-state index contributed by atoms with van der Waals surface area (Å²) in [6.07, 6.45) is 66.9. The van der Waals surface area contributed by atoms with E-state index in [0.29, 0.717) is 25.7 Å². The van der Waals surface area contributed by atoms with Crippen molar-refractivity contribution >= 4 is 25.7 Å². The molecule has 3 unspecified atom stereocenters. The molecule has 0 aromatic heterocycles. The van der Waals surface area contributed by atoms with Gasteiger partial charge in [0.2, 0.25) is 0 Å². The Morgan fingerprint density at radius 3 is 1.12 bits per heavy atom. The minimum absolute atomic E-state index is 0.145. The minimum Gasteiger partial charge on any atom is -0.462 e. The summed E-state index contributed by atoms with van der Waals surface area (Å²) in [5.41, 5.74) is 0. The number of hydrogen-bond donors (Lipinski definition) is 2. The van der Waals surface area contributed by atoms with E-state index >= 15 is 0 Å². The van der Waals surface area contributed by atoms with Crippen molar-refractivity contribution < 1.29 is 52.2 Å². The van der Waals surface area contributed by atoms with Gasteiger partial charge in [0.1, 0.15) is 12.7 Å². The third kappa shape index (κ3) is 55.4. The molecule has 76 heavy (non-hydrogen) atoms. The maximum absolute atomic E-state index is 12.9. The summed E-state index contributed by atoms with van der Waals surface area (Å²) < 4.78 is 39.5. The second kappa shape index (κ2) is 57.8. The highest BCUT2D eigenvalue weighted by molar-refractivity contribution is 7.47. The maximum atomic E-state index is 12.9. The quantitative estimate of drug-likeness (QED) is 0.0197. The van der Waals surface area contributed by atoms with E-state index in [2.05, 4.69) is 99.8 Å². The lowest BCUT2D eigenvalue weighted by atomic mass is 10.1. The van der Waals surface area contributed by atoms with Gasteiger partial charge in [-0.3, -0.25) is 23.4 Å². The van der Waals surface area contributed by atoms with E-state index < -0.39 is 57.8 Å². The summed E-state index contributed by atoms with van der Waals surface area (Å²) in [7, 11) is -4.77. The molecule has 0 bridgehead atoms. The smallest absolute Gasteiger partial charge is 0.462 e. The molecule has 0 aliphatic carbocycles. The SMILES string of the molecule is CC/C=C\C/C=C\C/C=C\C/C=C\C/C=C\CCCC(=O)OCC(COP(=O)(O)OCC(CO)OC(=O)CCCCCCC/C=C\CCCCCC)OC(=O)CCCCCCCCCCC/C=C\CCCCCCCC. The molecule has 0 spiro atoms. The van der Waals surface area contributed by atoms with Crippen LogP contribution in [-0.2, 0) is 42.2 Å². The van der Waals surface area contributed by atoms with Crippen LogP contribution in [0.4, 0.5) is 0 Å². The number of esters is 3. The zero-order valence-electron chi connectivity index (χ0n) is 48.5. The zero-order chi connectivity index (χ0) is 55.5. The summed E-state index contributed by atoms with van der Waals surface area (Å²) in [6.45, 7) is 4.46. The molecule has 0 aliphatic rings. The number of carbonyl (C=O) groups is 3. The number of unbranched alkanes of at least 4 members (excludes halogenated alkanes) is 25. The molecular weight excluding hydrogens is 976 g/mol. The average molecular weight is 1090 g/mol. The van der Waals surface area contributed by atoms with Crippen LogP contribution in [0.15, 0.2) is 85.1 Å². The van der Waals surface area contributed by atoms with Crippen molar-refractivity contribution in [2.45, 2.75) is 277 Å². The molecule has 0 aromatic carbocycles. The van der Waals surface area contributed by atoms with Crippen LogP contribution in [0.3, 0.4) is 0 Å². The predicted molar refractivity (Wildman–Crippen MR) is 316 cm³/mol. The fraction of sp³-hybridized carbons (Fsp3) is 0.734. The molecule has 11 nitrogen and oxygen atoms in total. The van der Waals surface area contributed by atoms with Crippen molar-refractivity contribution in [2.24, 2.45) is 0 Å². The molecule has 0 radical (unpaired) electrons. The van der Waals surface area contributed by atoms with Crippen molar-refractivity contribution in [2.75, 3.05) is 26.4 Å². The number of ether oxygens (including phenoxy) is 3. The van der Waals surface area contributed by atoms with Gasteiger partial charge in [-0.15, -0.1) is 0 Å². The van der Waals surface area contributed by atoms with Gasteiger partial charge in [0.05, 0.1) is 19.8 Å². The Bertz CT molecular complexity index is 1600. The number of aliphatic hydroxyl groups excluding tert-OH is 1. The Morgan fingerprint density at radius 2 is 0.697 bits per heavy atom. The van der Waals surface area contributed by atoms with Crippen LogP contribution in [0.25, 0.3) is 0 Å². The van der Waals surface area contributed by atoms with Crippen molar-refractivity contribution in [3.05, 3.63) is 85.1 Å².